The van der Waals surface area contributed by atoms with E-state index in [0.717, 1.165) is 12.0 Å². The Labute approximate surface area is 161 Å². The highest BCUT2D eigenvalue weighted by molar-refractivity contribution is 5.98. The zero-order valence-corrected chi connectivity index (χ0v) is 15.2. The van der Waals surface area contributed by atoms with Crippen LogP contribution in [0.15, 0.2) is 48.5 Å². The zero-order valence-electron chi connectivity index (χ0n) is 15.2. The van der Waals surface area contributed by atoms with Gasteiger partial charge in [-0.25, -0.2) is 4.79 Å². The van der Waals surface area contributed by atoms with Crippen molar-refractivity contribution in [1.82, 2.24) is 4.90 Å². The van der Waals surface area contributed by atoms with Gasteiger partial charge in [0.15, 0.2) is 0 Å². The lowest BCUT2D eigenvalue weighted by atomic mass is 10.0. The third-order valence-corrected chi connectivity index (χ3v) is 4.82. The molecule has 0 unspecified atom stereocenters. The van der Waals surface area contributed by atoms with Crippen LogP contribution in [0, 0.1) is 10.1 Å². The summed E-state index contributed by atoms with van der Waals surface area (Å²) in [5, 5.41) is 23.9. The Morgan fingerprint density at radius 2 is 1.93 bits per heavy atom. The van der Waals surface area contributed by atoms with Crippen LogP contribution in [0.25, 0.3) is 0 Å². The number of aliphatic carboxylic acids is 1. The van der Waals surface area contributed by atoms with E-state index in [1.54, 1.807) is 0 Å². The second kappa shape index (κ2) is 8.51. The van der Waals surface area contributed by atoms with Gasteiger partial charge < -0.3 is 15.3 Å². The van der Waals surface area contributed by atoms with Gasteiger partial charge >= 0.3 is 5.97 Å². The monoisotopic (exact) mass is 383 g/mol. The van der Waals surface area contributed by atoms with Gasteiger partial charge in [-0.1, -0.05) is 30.3 Å². The number of carbonyl (C=O) groups is 2. The van der Waals surface area contributed by atoms with E-state index in [1.165, 1.54) is 23.1 Å². The summed E-state index contributed by atoms with van der Waals surface area (Å²) < 4.78 is 0. The Morgan fingerprint density at radius 1 is 1.18 bits per heavy atom. The van der Waals surface area contributed by atoms with Crippen LogP contribution in [0.1, 0.15) is 35.2 Å². The van der Waals surface area contributed by atoms with Gasteiger partial charge in [-0.2, -0.15) is 0 Å². The van der Waals surface area contributed by atoms with Crippen LogP contribution in [0.4, 0.5) is 11.4 Å². The van der Waals surface area contributed by atoms with E-state index in [1.807, 2.05) is 30.3 Å². The highest BCUT2D eigenvalue weighted by Gasteiger charge is 2.33. The molecule has 1 heterocycles. The molecule has 2 aromatic carbocycles. The summed E-state index contributed by atoms with van der Waals surface area (Å²) in [6, 6.07) is 12.8. The number of rotatable bonds is 6. The van der Waals surface area contributed by atoms with Crippen molar-refractivity contribution in [3.63, 3.8) is 0 Å². The van der Waals surface area contributed by atoms with Crippen LogP contribution in [-0.4, -0.2) is 39.4 Å². The molecule has 0 radical (unpaired) electrons. The summed E-state index contributed by atoms with van der Waals surface area (Å²) in [5.74, 6) is -1.55. The molecule has 2 aromatic rings. The molecule has 0 bridgehead atoms. The molecular formula is C20H21N3O5. The molecule has 0 aliphatic carbocycles. The molecule has 1 saturated heterocycles. The van der Waals surface area contributed by atoms with Gasteiger partial charge in [-0.05, 0) is 37.0 Å². The van der Waals surface area contributed by atoms with Crippen molar-refractivity contribution < 1.29 is 19.6 Å². The lowest BCUT2D eigenvalue weighted by Gasteiger charge is -2.33. The fourth-order valence-corrected chi connectivity index (χ4v) is 3.36. The van der Waals surface area contributed by atoms with Gasteiger partial charge in [0.05, 0.1) is 4.92 Å². The van der Waals surface area contributed by atoms with Crippen LogP contribution in [0.5, 0.6) is 0 Å². The first kappa shape index (κ1) is 19.3. The number of amides is 1. The predicted octanol–water partition coefficient (Wildman–Crippen LogP) is 3.29. The SMILES string of the molecule is O=C(O)[C@H]1CCCCN1C(=O)c1ccc(NCc2ccccc2)c([N+](=O)[O-])c1. The number of piperidine rings is 1. The Bertz CT molecular complexity index is 885. The van der Waals surface area contributed by atoms with Crippen molar-refractivity contribution in [3.8, 4) is 0 Å². The normalized spacial score (nSPS) is 16.4. The number of nitro groups is 1. The minimum absolute atomic E-state index is 0.116. The third kappa shape index (κ3) is 4.28. The number of nitrogens with zero attached hydrogens (tertiary/aromatic N) is 2. The molecule has 8 nitrogen and oxygen atoms in total. The van der Waals surface area contributed by atoms with Crippen molar-refractivity contribution in [2.24, 2.45) is 0 Å². The molecule has 3 rings (SSSR count). The molecule has 1 aliphatic heterocycles. The van der Waals surface area contributed by atoms with Crippen LogP contribution in [0.2, 0.25) is 0 Å². The van der Waals surface area contributed by atoms with Crippen molar-refractivity contribution in [2.45, 2.75) is 31.8 Å². The average molecular weight is 383 g/mol. The average Bonchev–Trinajstić information content (AvgIpc) is 2.72. The first-order valence-corrected chi connectivity index (χ1v) is 9.07. The first-order valence-electron chi connectivity index (χ1n) is 9.07. The van der Waals surface area contributed by atoms with Gasteiger partial charge in [0.25, 0.3) is 11.6 Å². The van der Waals surface area contributed by atoms with Gasteiger partial charge in [0.2, 0.25) is 0 Å². The molecule has 1 fully saturated rings. The molecule has 0 spiro atoms. The molecule has 1 amide bonds. The number of benzene rings is 2. The molecule has 2 N–H and O–H groups in total. The number of nitro benzene ring substituents is 1. The number of nitrogens with one attached hydrogen (secondary N) is 1. The van der Waals surface area contributed by atoms with E-state index >= 15 is 0 Å². The number of hydrogen-bond donors (Lipinski definition) is 2. The summed E-state index contributed by atoms with van der Waals surface area (Å²) in [7, 11) is 0. The topological polar surface area (TPSA) is 113 Å². The largest absolute Gasteiger partial charge is 0.480 e. The van der Waals surface area contributed by atoms with Gasteiger partial charge in [-0.15, -0.1) is 0 Å². The number of likely N-dealkylation sites (tertiary alicyclic amines) is 1. The number of carboxylic acids is 1. The highest BCUT2D eigenvalue weighted by Crippen LogP contribution is 2.28. The highest BCUT2D eigenvalue weighted by atomic mass is 16.6. The van der Waals surface area contributed by atoms with Crippen molar-refractivity contribution in [3.05, 3.63) is 69.8 Å². The number of hydrogen-bond acceptors (Lipinski definition) is 5. The Balaban J connectivity index is 1.82. The quantitative estimate of drug-likeness (QED) is 0.585. The molecule has 28 heavy (non-hydrogen) atoms. The molecule has 0 aromatic heterocycles. The van der Waals surface area contributed by atoms with Crippen LogP contribution in [-0.2, 0) is 11.3 Å². The Kier molecular flexibility index (Phi) is 5.88. The lowest BCUT2D eigenvalue weighted by Crippen LogP contribution is -2.48. The van der Waals surface area contributed by atoms with Crippen LogP contribution in [0.3, 0.4) is 0 Å². The van der Waals surface area contributed by atoms with Gasteiger partial charge in [-0.3, -0.25) is 14.9 Å². The molecule has 8 heteroatoms. The van der Waals surface area contributed by atoms with E-state index < -0.39 is 22.8 Å². The smallest absolute Gasteiger partial charge is 0.326 e. The molecule has 1 aliphatic rings. The van der Waals surface area contributed by atoms with Gasteiger partial charge in [0.1, 0.15) is 11.7 Å². The summed E-state index contributed by atoms with van der Waals surface area (Å²) >= 11 is 0. The summed E-state index contributed by atoms with van der Waals surface area (Å²) in [4.78, 5) is 36.5. The van der Waals surface area contributed by atoms with E-state index in [2.05, 4.69) is 5.32 Å². The predicted molar refractivity (Wildman–Crippen MR) is 103 cm³/mol. The minimum Gasteiger partial charge on any atom is -0.480 e. The number of anilines is 1. The maximum absolute atomic E-state index is 12.8. The zero-order chi connectivity index (χ0) is 20.1. The van der Waals surface area contributed by atoms with Crippen molar-refractivity contribution >= 4 is 23.3 Å². The first-order chi connectivity index (χ1) is 13.5. The minimum atomic E-state index is -1.05. The second-order valence-electron chi connectivity index (χ2n) is 6.68. The lowest BCUT2D eigenvalue weighted by molar-refractivity contribution is -0.384. The molecule has 146 valence electrons. The Morgan fingerprint density at radius 3 is 2.61 bits per heavy atom. The van der Waals surface area contributed by atoms with Crippen molar-refractivity contribution in [2.75, 3.05) is 11.9 Å². The van der Waals surface area contributed by atoms with E-state index in [9.17, 15) is 24.8 Å². The number of carbonyl (C=O) groups excluding carboxylic acids is 1. The molecule has 1 atom stereocenters. The summed E-state index contributed by atoms with van der Waals surface area (Å²) in [5.41, 5.74) is 1.17. The van der Waals surface area contributed by atoms with Crippen LogP contribution >= 0.6 is 0 Å². The maximum atomic E-state index is 12.8. The molecular weight excluding hydrogens is 362 g/mol. The van der Waals surface area contributed by atoms with E-state index in [4.69, 9.17) is 0 Å². The fraction of sp³-hybridized carbons (Fsp3) is 0.300. The summed E-state index contributed by atoms with van der Waals surface area (Å²) in [6.07, 6.45) is 1.84. The van der Waals surface area contributed by atoms with Crippen LogP contribution < -0.4 is 5.32 Å². The summed E-state index contributed by atoms with van der Waals surface area (Å²) in [6.45, 7) is 0.736. The van der Waals surface area contributed by atoms with E-state index in [0.29, 0.717) is 31.6 Å². The number of carboxylic acid groups (broad SMARTS) is 1. The van der Waals surface area contributed by atoms with Gasteiger partial charge in [0, 0.05) is 24.7 Å². The standard InChI is InChI=1S/C20H21N3O5/c24-19(22-11-5-4-8-17(22)20(25)26)15-9-10-16(18(12-15)23(27)28)21-13-14-6-2-1-3-7-14/h1-3,6-7,9-10,12,17,21H,4-5,8,11,13H2,(H,25,26)/t17-/m1/s1. The van der Waals surface area contributed by atoms with Crippen molar-refractivity contribution in [1.29, 1.82) is 0 Å². The maximum Gasteiger partial charge on any atom is 0.326 e. The second-order valence-corrected chi connectivity index (χ2v) is 6.68. The Hall–Kier alpha value is -3.42. The van der Waals surface area contributed by atoms with E-state index in [-0.39, 0.29) is 11.3 Å². The fourth-order valence-electron chi connectivity index (χ4n) is 3.36. The third-order valence-electron chi connectivity index (χ3n) is 4.82. The molecule has 0 saturated carbocycles.